The molecule has 1 aromatic heterocycles. The number of hydrogen-bond acceptors (Lipinski definition) is 3. The number of nitrogens with one attached hydrogen (secondary N) is 1. The molecule has 0 saturated carbocycles. The summed E-state index contributed by atoms with van der Waals surface area (Å²) < 4.78 is 1.81. The van der Waals surface area contributed by atoms with Gasteiger partial charge >= 0.3 is 0 Å². The number of ketones is 1. The van der Waals surface area contributed by atoms with Crippen molar-refractivity contribution >= 4 is 5.78 Å². The third-order valence-corrected chi connectivity index (χ3v) is 3.47. The minimum atomic E-state index is 0.333. The third-order valence-electron chi connectivity index (χ3n) is 3.47. The highest BCUT2D eigenvalue weighted by Gasteiger charge is 2.16. The molecule has 1 aliphatic rings. The SMILES string of the molecule is Cc1cc(CC(=O)CCC2CCNC2)n(C)n1. The van der Waals surface area contributed by atoms with Gasteiger partial charge in [0.15, 0.2) is 0 Å². The zero-order chi connectivity index (χ0) is 12.3. The van der Waals surface area contributed by atoms with Crippen molar-refractivity contribution in [2.75, 3.05) is 13.1 Å². The van der Waals surface area contributed by atoms with E-state index in [0.29, 0.717) is 24.5 Å². The van der Waals surface area contributed by atoms with Gasteiger partial charge in [0.25, 0.3) is 0 Å². The maximum Gasteiger partial charge on any atom is 0.138 e. The van der Waals surface area contributed by atoms with E-state index in [1.807, 2.05) is 24.7 Å². The largest absolute Gasteiger partial charge is 0.316 e. The quantitative estimate of drug-likeness (QED) is 0.835. The third kappa shape index (κ3) is 3.40. The van der Waals surface area contributed by atoms with Crippen LogP contribution in [0.1, 0.15) is 30.7 Å². The van der Waals surface area contributed by atoms with Crippen molar-refractivity contribution in [2.45, 2.75) is 32.6 Å². The van der Waals surface area contributed by atoms with Crippen molar-refractivity contribution in [1.29, 1.82) is 0 Å². The Morgan fingerprint density at radius 1 is 1.65 bits per heavy atom. The number of aromatic nitrogens is 2. The molecular formula is C13H21N3O. The highest BCUT2D eigenvalue weighted by atomic mass is 16.1. The van der Waals surface area contributed by atoms with Crippen LogP contribution in [-0.4, -0.2) is 28.7 Å². The lowest BCUT2D eigenvalue weighted by Crippen LogP contribution is -2.12. The number of carbonyl (C=O) groups excluding carboxylic acids is 1. The lowest BCUT2D eigenvalue weighted by atomic mass is 9.99. The van der Waals surface area contributed by atoms with Gasteiger partial charge in [-0.1, -0.05) is 0 Å². The minimum Gasteiger partial charge on any atom is -0.316 e. The summed E-state index contributed by atoms with van der Waals surface area (Å²) in [5, 5.41) is 7.59. The molecule has 1 atom stereocenters. The molecule has 1 aliphatic heterocycles. The van der Waals surface area contributed by atoms with Crippen LogP contribution in [0.25, 0.3) is 0 Å². The van der Waals surface area contributed by atoms with Gasteiger partial charge in [-0.05, 0) is 44.8 Å². The highest BCUT2D eigenvalue weighted by Crippen LogP contribution is 2.15. The Labute approximate surface area is 102 Å². The van der Waals surface area contributed by atoms with Crippen molar-refractivity contribution in [3.05, 3.63) is 17.5 Å². The van der Waals surface area contributed by atoms with Crippen LogP contribution in [0, 0.1) is 12.8 Å². The van der Waals surface area contributed by atoms with Crippen molar-refractivity contribution < 1.29 is 4.79 Å². The molecule has 94 valence electrons. The molecule has 0 aliphatic carbocycles. The summed E-state index contributed by atoms with van der Waals surface area (Å²) in [6, 6.07) is 2.00. The lowest BCUT2D eigenvalue weighted by molar-refractivity contribution is -0.118. The van der Waals surface area contributed by atoms with Gasteiger partial charge in [-0.3, -0.25) is 9.48 Å². The molecule has 17 heavy (non-hydrogen) atoms. The van der Waals surface area contributed by atoms with Crippen LogP contribution < -0.4 is 5.32 Å². The van der Waals surface area contributed by atoms with E-state index < -0.39 is 0 Å². The first kappa shape index (κ1) is 12.3. The highest BCUT2D eigenvalue weighted by molar-refractivity contribution is 5.80. The molecule has 1 N–H and O–H groups in total. The van der Waals surface area contributed by atoms with E-state index in [0.717, 1.165) is 30.9 Å². The summed E-state index contributed by atoms with van der Waals surface area (Å²) >= 11 is 0. The Kier molecular flexibility index (Phi) is 3.94. The lowest BCUT2D eigenvalue weighted by Gasteiger charge is -2.07. The predicted octanol–water partition coefficient (Wildman–Crippen LogP) is 1.23. The van der Waals surface area contributed by atoms with Crippen LogP contribution in [0.4, 0.5) is 0 Å². The summed E-state index contributed by atoms with van der Waals surface area (Å²) in [6.45, 7) is 4.15. The fourth-order valence-electron chi connectivity index (χ4n) is 2.45. The smallest absolute Gasteiger partial charge is 0.138 e. The molecule has 1 saturated heterocycles. The number of Topliss-reactive ketones (excluding diaryl/α,β-unsaturated/α-hetero) is 1. The van der Waals surface area contributed by atoms with E-state index in [1.165, 1.54) is 6.42 Å². The van der Waals surface area contributed by atoms with E-state index >= 15 is 0 Å². The van der Waals surface area contributed by atoms with E-state index in [9.17, 15) is 4.79 Å². The summed E-state index contributed by atoms with van der Waals surface area (Å²) in [5.74, 6) is 1.03. The summed E-state index contributed by atoms with van der Waals surface area (Å²) in [4.78, 5) is 11.9. The fourth-order valence-corrected chi connectivity index (χ4v) is 2.45. The molecule has 0 spiro atoms. The average molecular weight is 235 g/mol. The Morgan fingerprint density at radius 3 is 3.06 bits per heavy atom. The van der Waals surface area contributed by atoms with Gasteiger partial charge in [-0.25, -0.2) is 0 Å². The number of hydrogen-bond donors (Lipinski definition) is 1. The monoisotopic (exact) mass is 235 g/mol. The summed E-state index contributed by atoms with van der Waals surface area (Å²) in [7, 11) is 1.90. The molecule has 0 radical (unpaired) electrons. The molecular weight excluding hydrogens is 214 g/mol. The molecule has 4 heteroatoms. The van der Waals surface area contributed by atoms with Crippen LogP contribution in [0.2, 0.25) is 0 Å². The standard InChI is InChI=1S/C13H21N3O/c1-10-7-12(16(2)15-10)8-13(17)4-3-11-5-6-14-9-11/h7,11,14H,3-6,8-9H2,1-2H3. The molecule has 0 amide bonds. The first-order valence-electron chi connectivity index (χ1n) is 6.37. The molecule has 2 heterocycles. The van der Waals surface area contributed by atoms with Crippen LogP contribution in [0.15, 0.2) is 6.07 Å². The summed E-state index contributed by atoms with van der Waals surface area (Å²) in [6.07, 6.45) is 3.48. The maximum atomic E-state index is 11.9. The minimum absolute atomic E-state index is 0.333. The van der Waals surface area contributed by atoms with Gasteiger partial charge in [0.05, 0.1) is 5.69 Å². The molecule has 1 aromatic rings. The topological polar surface area (TPSA) is 46.9 Å². The average Bonchev–Trinajstić information content (AvgIpc) is 2.87. The van der Waals surface area contributed by atoms with Gasteiger partial charge in [0.2, 0.25) is 0 Å². The van der Waals surface area contributed by atoms with Gasteiger partial charge in [-0.2, -0.15) is 5.10 Å². The normalized spacial score (nSPS) is 19.8. The summed E-state index contributed by atoms with van der Waals surface area (Å²) in [5.41, 5.74) is 2.01. The number of nitrogens with zero attached hydrogens (tertiary/aromatic N) is 2. The van der Waals surface area contributed by atoms with Gasteiger partial charge in [0, 0.05) is 25.6 Å². The molecule has 1 fully saturated rings. The van der Waals surface area contributed by atoms with Crippen molar-refractivity contribution in [1.82, 2.24) is 15.1 Å². The Hall–Kier alpha value is -1.16. The molecule has 1 unspecified atom stereocenters. The second-order valence-corrected chi connectivity index (χ2v) is 5.01. The molecule has 2 rings (SSSR count). The van der Waals surface area contributed by atoms with Crippen molar-refractivity contribution in [3.63, 3.8) is 0 Å². The second kappa shape index (κ2) is 5.45. The first-order chi connectivity index (χ1) is 8.15. The number of carbonyl (C=O) groups is 1. The Bertz CT molecular complexity index is 391. The maximum absolute atomic E-state index is 11.9. The zero-order valence-corrected chi connectivity index (χ0v) is 10.7. The predicted molar refractivity (Wildman–Crippen MR) is 66.9 cm³/mol. The van der Waals surface area contributed by atoms with E-state index in [2.05, 4.69) is 10.4 Å². The number of aryl methyl sites for hydroxylation is 2. The van der Waals surface area contributed by atoms with E-state index in [4.69, 9.17) is 0 Å². The van der Waals surface area contributed by atoms with Crippen molar-refractivity contribution in [2.24, 2.45) is 13.0 Å². The molecule has 4 nitrogen and oxygen atoms in total. The van der Waals surface area contributed by atoms with Gasteiger partial charge in [-0.15, -0.1) is 0 Å². The first-order valence-corrected chi connectivity index (χ1v) is 6.37. The van der Waals surface area contributed by atoms with Crippen molar-refractivity contribution in [3.8, 4) is 0 Å². The molecule has 0 bridgehead atoms. The fraction of sp³-hybridized carbons (Fsp3) is 0.692. The van der Waals surface area contributed by atoms with Crippen LogP contribution in [0.5, 0.6) is 0 Å². The van der Waals surface area contributed by atoms with Gasteiger partial charge < -0.3 is 5.32 Å². The van der Waals surface area contributed by atoms with Gasteiger partial charge in [0.1, 0.15) is 5.78 Å². The van der Waals surface area contributed by atoms with Crippen LogP contribution in [0.3, 0.4) is 0 Å². The number of rotatable bonds is 5. The Balaban J connectivity index is 1.78. The van der Waals surface area contributed by atoms with Crippen LogP contribution in [-0.2, 0) is 18.3 Å². The zero-order valence-electron chi connectivity index (χ0n) is 10.7. The Morgan fingerprint density at radius 2 is 2.47 bits per heavy atom. The van der Waals surface area contributed by atoms with E-state index in [-0.39, 0.29) is 0 Å². The van der Waals surface area contributed by atoms with E-state index in [1.54, 1.807) is 0 Å². The second-order valence-electron chi connectivity index (χ2n) is 5.01. The van der Waals surface area contributed by atoms with Crippen LogP contribution >= 0.6 is 0 Å². The molecule has 0 aromatic carbocycles.